The Hall–Kier alpha value is -4.36. The van der Waals surface area contributed by atoms with Crippen LogP contribution in [0.15, 0.2) is 125 Å². The lowest BCUT2D eigenvalue weighted by Crippen LogP contribution is -1.90. The van der Waals surface area contributed by atoms with Gasteiger partial charge < -0.3 is 4.42 Å². The lowest BCUT2D eigenvalue weighted by Gasteiger charge is -2.17. The summed E-state index contributed by atoms with van der Waals surface area (Å²) < 4.78 is 143. The number of rotatable bonds is 2. The van der Waals surface area contributed by atoms with Crippen LogP contribution < -0.4 is 0 Å². The molecule has 6 aromatic carbocycles. The first kappa shape index (κ1) is 8.53. The number of furan rings is 1. The smallest absolute Gasteiger partial charge is 0.135 e. The van der Waals surface area contributed by atoms with Gasteiger partial charge >= 0.3 is 0 Å². The van der Waals surface area contributed by atoms with Crippen molar-refractivity contribution in [3.05, 3.63) is 121 Å². The van der Waals surface area contributed by atoms with Crippen LogP contribution >= 0.6 is 0 Å². The number of benzene rings is 6. The Kier molecular flexibility index (Phi) is 1.83. The van der Waals surface area contributed by atoms with Crippen LogP contribution in [0, 0.1) is 0 Å². The molecule has 0 aliphatic carbocycles. The molecule has 154 valence electrons. The van der Waals surface area contributed by atoms with Gasteiger partial charge in [0.2, 0.25) is 0 Å². The lowest BCUT2D eigenvalue weighted by atomic mass is 9.86. The molecule has 33 heavy (non-hydrogen) atoms. The summed E-state index contributed by atoms with van der Waals surface area (Å²) in [5.74, 6) is 0. The number of hydrogen-bond donors (Lipinski definition) is 0. The summed E-state index contributed by atoms with van der Waals surface area (Å²) in [7, 11) is 0. The lowest BCUT2D eigenvalue weighted by molar-refractivity contribution is 0.669. The number of para-hydroxylation sites is 1. The van der Waals surface area contributed by atoms with Crippen LogP contribution in [0.2, 0.25) is 0 Å². The fourth-order valence-corrected chi connectivity index (χ4v) is 4.23. The van der Waals surface area contributed by atoms with Crippen molar-refractivity contribution in [1.29, 1.82) is 0 Å². The maximum Gasteiger partial charge on any atom is 0.135 e. The highest BCUT2D eigenvalue weighted by Gasteiger charge is 2.17. The fraction of sp³-hybridized carbons (Fsp3) is 0. The van der Waals surface area contributed by atoms with Crippen LogP contribution in [0.3, 0.4) is 0 Å². The summed E-state index contributed by atoms with van der Waals surface area (Å²) in [5, 5.41) is -0.0762. The quantitative estimate of drug-likeness (QED) is 0.246. The van der Waals surface area contributed by atoms with E-state index < -0.39 is 72.5 Å². The summed E-state index contributed by atoms with van der Waals surface area (Å²) in [6, 6.07) is -3.21. The van der Waals surface area contributed by atoms with E-state index in [0.29, 0.717) is 0 Å². The van der Waals surface area contributed by atoms with E-state index in [0.717, 1.165) is 0 Å². The summed E-state index contributed by atoms with van der Waals surface area (Å²) in [6.45, 7) is 0. The van der Waals surface area contributed by atoms with Gasteiger partial charge in [0.15, 0.2) is 0 Å². The highest BCUT2D eigenvalue weighted by Crippen LogP contribution is 2.44. The topological polar surface area (TPSA) is 13.1 Å². The average molecular weight is 437 g/mol. The first-order chi connectivity index (χ1) is 23.0. The maximum absolute atomic E-state index is 9.40. The van der Waals surface area contributed by atoms with Crippen molar-refractivity contribution in [3.63, 3.8) is 0 Å². The second-order valence-corrected chi connectivity index (χ2v) is 7.32. The van der Waals surface area contributed by atoms with Crippen LogP contribution in [0.1, 0.15) is 21.9 Å². The molecular formula is C32H20O. The van der Waals surface area contributed by atoms with Crippen LogP contribution in [0.5, 0.6) is 0 Å². The maximum atomic E-state index is 9.40. The van der Waals surface area contributed by atoms with E-state index in [2.05, 4.69) is 0 Å². The Morgan fingerprint density at radius 1 is 0.424 bits per heavy atom. The van der Waals surface area contributed by atoms with Gasteiger partial charge in [0.05, 0.1) is 21.9 Å². The van der Waals surface area contributed by atoms with Crippen LogP contribution in [-0.2, 0) is 0 Å². The molecule has 0 spiro atoms. The molecule has 1 heterocycles. The third-order valence-corrected chi connectivity index (χ3v) is 5.58. The molecule has 1 aromatic heterocycles. The third-order valence-electron chi connectivity index (χ3n) is 5.58. The second-order valence-electron chi connectivity index (χ2n) is 7.32. The molecule has 1 heteroatoms. The molecule has 0 fully saturated rings. The van der Waals surface area contributed by atoms with Gasteiger partial charge in [0, 0.05) is 10.8 Å². The van der Waals surface area contributed by atoms with Crippen molar-refractivity contribution in [2.24, 2.45) is 0 Å². The van der Waals surface area contributed by atoms with Gasteiger partial charge in [-0.15, -0.1) is 0 Å². The minimum atomic E-state index is -0.646. The van der Waals surface area contributed by atoms with E-state index in [1.807, 2.05) is 0 Å². The molecule has 0 saturated carbocycles. The van der Waals surface area contributed by atoms with Gasteiger partial charge in [-0.2, -0.15) is 0 Å². The molecule has 0 saturated heterocycles. The molecule has 7 rings (SSSR count). The molecule has 0 atom stereocenters. The summed E-state index contributed by atoms with van der Waals surface area (Å²) >= 11 is 0. The van der Waals surface area contributed by atoms with E-state index in [-0.39, 0.29) is 89.9 Å². The first-order valence-corrected chi connectivity index (χ1v) is 9.97. The van der Waals surface area contributed by atoms with Gasteiger partial charge in [-0.1, -0.05) is 103 Å². The largest absolute Gasteiger partial charge is 0.456 e. The molecule has 7 aromatic rings. The SMILES string of the molecule is [2H]c1cc2c(-c3c([2H])c([2H])c([2H])c([2H])c3[2H])c3cc([2H])c([2H])cc3c(-c3c([2H])c([2H])c4oc5c([2H])c([2H])c([2H])c([2H])c5c4c3[2H])c2cc1[2H]. The van der Waals surface area contributed by atoms with Crippen LogP contribution in [0.4, 0.5) is 0 Å². The van der Waals surface area contributed by atoms with Crippen molar-refractivity contribution in [2.45, 2.75) is 0 Å². The molecule has 0 amide bonds. The number of fused-ring (bicyclic) bond motifs is 5. The van der Waals surface area contributed by atoms with Crippen molar-refractivity contribution in [3.8, 4) is 22.3 Å². The van der Waals surface area contributed by atoms with E-state index in [9.17, 15) is 1.37 Å². The van der Waals surface area contributed by atoms with Crippen LogP contribution in [0.25, 0.3) is 65.7 Å². The molecule has 0 aliphatic heterocycles. The van der Waals surface area contributed by atoms with Crippen molar-refractivity contribution in [2.75, 3.05) is 0 Å². The molecule has 1 nitrogen and oxygen atoms in total. The van der Waals surface area contributed by atoms with Gasteiger partial charge in [0.1, 0.15) is 11.2 Å². The molecule has 0 bridgehead atoms. The molecular weight excluding hydrogens is 400 g/mol. The Labute approximate surface area is 214 Å². The van der Waals surface area contributed by atoms with Gasteiger partial charge in [-0.3, -0.25) is 0 Å². The third kappa shape index (κ3) is 2.73. The van der Waals surface area contributed by atoms with E-state index >= 15 is 0 Å². The summed E-state index contributed by atoms with van der Waals surface area (Å²) in [5.41, 5.74) is -1.15. The normalized spacial score (nSPS) is 18.4. The standard InChI is InChI=1S/C32H20O/c1-2-10-21(11-3-1)31-24-13-4-6-15-26(24)32(27-16-7-5-14-25(27)31)22-18-19-30-28(20-22)23-12-8-9-17-29(23)33-30/h1-20H/i1D,2D,3D,4D,5D,6D,7D,8D,9D,10D,11D,12D,17D,18D,19D,20D. The minimum absolute atomic E-state index is 0.000799. The Morgan fingerprint density at radius 3 is 1.64 bits per heavy atom. The zero-order chi connectivity index (χ0) is 35.7. The van der Waals surface area contributed by atoms with Crippen molar-refractivity contribution < 1.29 is 26.3 Å². The highest BCUT2D eigenvalue weighted by molar-refractivity contribution is 6.22. The van der Waals surface area contributed by atoms with E-state index in [1.54, 1.807) is 0 Å². The number of hydrogen-bond acceptors (Lipinski definition) is 1. The second kappa shape index (κ2) is 7.08. The van der Waals surface area contributed by atoms with Gasteiger partial charge in [-0.25, -0.2) is 0 Å². The Balaban J connectivity index is 1.79. The monoisotopic (exact) mass is 436 g/mol. The average Bonchev–Trinajstić information content (AvgIpc) is 3.47. The Bertz CT molecular complexity index is 2580. The van der Waals surface area contributed by atoms with Crippen LogP contribution in [-0.4, -0.2) is 0 Å². The minimum Gasteiger partial charge on any atom is -0.456 e. The van der Waals surface area contributed by atoms with Crippen molar-refractivity contribution in [1.82, 2.24) is 0 Å². The van der Waals surface area contributed by atoms with Crippen molar-refractivity contribution >= 4 is 43.5 Å². The first-order valence-electron chi connectivity index (χ1n) is 18.0. The highest BCUT2D eigenvalue weighted by atomic mass is 16.3. The Morgan fingerprint density at radius 2 is 0.970 bits per heavy atom. The van der Waals surface area contributed by atoms with E-state index in [4.69, 9.17) is 25.0 Å². The zero-order valence-electron chi connectivity index (χ0n) is 32.7. The molecule has 0 radical (unpaired) electrons. The predicted octanol–water partition coefficient (Wildman–Crippen LogP) is 9.23. The molecule has 0 aliphatic rings. The fourth-order valence-electron chi connectivity index (χ4n) is 4.23. The van der Waals surface area contributed by atoms with Gasteiger partial charge in [-0.05, 0) is 61.9 Å². The summed E-state index contributed by atoms with van der Waals surface area (Å²) in [6.07, 6.45) is 0. The predicted molar refractivity (Wildman–Crippen MR) is 140 cm³/mol. The summed E-state index contributed by atoms with van der Waals surface area (Å²) in [4.78, 5) is 0. The molecule has 0 unspecified atom stereocenters. The molecule has 0 N–H and O–H groups in total. The van der Waals surface area contributed by atoms with Gasteiger partial charge in [0.25, 0.3) is 0 Å². The van der Waals surface area contributed by atoms with E-state index in [1.165, 1.54) is 24.3 Å². The zero-order valence-corrected chi connectivity index (χ0v) is 16.7.